The summed E-state index contributed by atoms with van der Waals surface area (Å²) in [5.41, 5.74) is 2.38. The minimum Gasteiger partial charge on any atom is -0.478 e. The Labute approximate surface area is 148 Å². The second-order valence-corrected chi connectivity index (χ2v) is 6.33. The molecule has 126 valence electrons. The zero-order chi connectivity index (χ0) is 16.9. The quantitative estimate of drug-likeness (QED) is 0.815. The van der Waals surface area contributed by atoms with E-state index < -0.39 is 5.97 Å². The van der Waals surface area contributed by atoms with E-state index in [1.807, 2.05) is 6.07 Å². The standard InChI is InChI=1S/C17H18BrN3O3/c18-14-11-20-16(9-15(14)21-5-7-24-8-6-21)19-10-12-1-3-13(4-2-12)17(22)23/h1-4,9,11H,5-8,10H2,(H,19,20)(H,22,23). The molecule has 0 saturated carbocycles. The second-order valence-electron chi connectivity index (χ2n) is 5.48. The van der Waals surface area contributed by atoms with E-state index in [4.69, 9.17) is 9.84 Å². The molecule has 1 aromatic heterocycles. The summed E-state index contributed by atoms with van der Waals surface area (Å²) in [4.78, 5) is 17.5. The number of carboxylic acids is 1. The third-order valence-electron chi connectivity index (χ3n) is 3.86. The Kier molecular flexibility index (Phi) is 5.32. The van der Waals surface area contributed by atoms with E-state index in [1.165, 1.54) is 0 Å². The van der Waals surface area contributed by atoms with Crippen LogP contribution in [0.5, 0.6) is 0 Å². The molecular formula is C17H18BrN3O3. The van der Waals surface area contributed by atoms with Crippen molar-refractivity contribution in [3.63, 3.8) is 0 Å². The number of ether oxygens (including phenoxy) is 1. The van der Waals surface area contributed by atoms with E-state index in [0.717, 1.165) is 47.8 Å². The predicted molar refractivity (Wildman–Crippen MR) is 95.7 cm³/mol. The van der Waals surface area contributed by atoms with Gasteiger partial charge in [0, 0.05) is 31.9 Å². The Hall–Kier alpha value is -2.12. The highest BCUT2D eigenvalue weighted by Crippen LogP contribution is 2.28. The third kappa shape index (κ3) is 4.04. The Morgan fingerprint density at radius 2 is 2.00 bits per heavy atom. The van der Waals surface area contributed by atoms with Gasteiger partial charge in [-0.25, -0.2) is 9.78 Å². The first-order chi connectivity index (χ1) is 11.6. The monoisotopic (exact) mass is 391 g/mol. The number of anilines is 2. The molecule has 0 bridgehead atoms. The Morgan fingerprint density at radius 3 is 2.67 bits per heavy atom. The summed E-state index contributed by atoms with van der Waals surface area (Å²) in [7, 11) is 0. The second kappa shape index (κ2) is 7.63. The van der Waals surface area contributed by atoms with Crippen LogP contribution in [0, 0.1) is 0 Å². The normalized spacial score (nSPS) is 14.5. The summed E-state index contributed by atoms with van der Waals surface area (Å²) in [6, 6.07) is 8.83. The fourth-order valence-electron chi connectivity index (χ4n) is 2.53. The number of nitrogens with one attached hydrogen (secondary N) is 1. The number of nitrogens with zero attached hydrogens (tertiary/aromatic N) is 2. The van der Waals surface area contributed by atoms with Crippen LogP contribution >= 0.6 is 15.9 Å². The van der Waals surface area contributed by atoms with Gasteiger partial charge in [-0.3, -0.25) is 0 Å². The average Bonchev–Trinajstić information content (AvgIpc) is 2.62. The first kappa shape index (κ1) is 16.7. The molecule has 3 rings (SSSR count). The smallest absolute Gasteiger partial charge is 0.335 e. The molecule has 1 aliphatic rings. The maximum atomic E-state index is 10.9. The van der Waals surface area contributed by atoms with Crippen molar-refractivity contribution in [1.29, 1.82) is 0 Å². The molecule has 1 aliphatic heterocycles. The van der Waals surface area contributed by atoms with Crippen LogP contribution in [0.25, 0.3) is 0 Å². The number of rotatable bonds is 5. The van der Waals surface area contributed by atoms with Crippen molar-refractivity contribution in [2.45, 2.75) is 6.54 Å². The number of aromatic carboxylic acids is 1. The molecule has 2 heterocycles. The molecule has 7 heteroatoms. The van der Waals surface area contributed by atoms with E-state index in [1.54, 1.807) is 30.5 Å². The van der Waals surface area contributed by atoms with Gasteiger partial charge in [-0.2, -0.15) is 0 Å². The average molecular weight is 392 g/mol. The van der Waals surface area contributed by atoms with Gasteiger partial charge in [-0.15, -0.1) is 0 Å². The predicted octanol–water partition coefficient (Wildman–Crippen LogP) is 2.99. The molecule has 24 heavy (non-hydrogen) atoms. The number of carboxylic acid groups (broad SMARTS) is 1. The highest BCUT2D eigenvalue weighted by Gasteiger charge is 2.15. The number of carbonyl (C=O) groups is 1. The van der Waals surface area contributed by atoms with E-state index in [-0.39, 0.29) is 5.56 Å². The molecule has 0 atom stereocenters. The number of halogens is 1. The summed E-state index contributed by atoms with van der Waals surface area (Å²) in [5, 5.41) is 12.2. The summed E-state index contributed by atoms with van der Waals surface area (Å²) in [5.74, 6) is -0.138. The van der Waals surface area contributed by atoms with Crippen molar-refractivity contribution >= 4 is 33.4 Å². The van der Waals surface area contributed by atoms with Crippen molar-refractivity contribution < 1.29 is 14.6 Å². The highest BCUT2D eigenvalue weighted by atomic mass is 79.9. The number of aromatic nitrogens is 1. The number of morpholine rings is 1. The minimum atomic E-state index is -0.917. The van der Waals surface area contributed by atoms with Gasteiger partial charge in [0.05, 0.1) is 28.9 Å². The van der Waals surface area contributed by atoms with Crippen LogP contribution in [0.4, 0.5) is 11.5 Å². The molecule has 0 radical (unpaired) electrons. The summed E-state index contributed by atoms with van der Waals surface area (Å²) >= 11 is 3.56. The van der Waals surface area contributed by atoms with Crippen LogP contribution in [-0.4, -0.2) is 42.4 Å². The van der Waals surface area contributed by atoms with Crippen molar-refractivity contribution in [1.82, 2.24) is 4.98 Å². The Bertz CT molecular complexity index is 716. The summed E-state index contributed by atoms with van der Waals surface area (Å²) in [6.07, 6.45) is 1.79. The number of hydrogen-bond donors (Lipinski definition) is 2. The molecule has 1 fully saturated rings. The van der Waals surface area contributed by atoms with Gasteiger partial charge in [0.25, 0.3) is 0 Å². The number of benzene rings is 1. The van der Waals surface area contributed by atoms with Crippen LogP contribution in [0.3, 0.4) is 0 Å². The molecule has 0 amide bonds. The van der Waals surface area contributed by atoms with Gasteiger partial charge in [0.2, 0.25) is 0 Å². The van der Waals surface area contributed by atoms with Gasteiger partial charge >= 0.3 is 5.97 Å². The topological polar surface area (TPSA) is 74.7 Å². The molecular weight excluding hydrogens is 374 g/mol. The van der Waals surface area contributed by atoms with E-state index in [0.29, 0.717) is 6.54 Å². The van der Waals surface area contributed by atoms with Crippen molar-refractivity contribution in [3.05, 3.63) is 52.1 Å². The first-order valence-electron chi connectivity index (χ1n) is 7.68. The van der Waals surface area contributed by atoms with E-state index >= 15 is 0 Å². The lowest BCUT2D eigenvalue weighted by Gasteiger charge is -2.29. The number of hydrogen-bond acceptors (Lipinski definition) is 5. The molecule has 0 unspecified atom stereocenters. The van der Waals surface area contributed by atoms with Crippen molar-refractivity contribution in [2.24, 2.45) is 0 Å². The Morgan fingerprint density at radius 1 is 1.29 bits per heavy atom. The summed E-state index contributed by atoms with van der Waals surface area (Å²) in [6.45, 7) is 3.76. The van der Waals surface area contributed by atoms with Gasteiger partial charge in [-0.05, 0) is 33.6 Å². The number of pyridine rings is 1. The lowest BCUT2D eigenvalue weighted by Crippen LogP contribution is -2.36. The van der Waals surface area contributed by atoms with Gasteiger partial charge in [0.15, 0.2) is 0 Å². The highest BCUT2D eigenvalue weighted by molar-refractivity contribution is 9.10. The maximum Gasteiger partial charge on any atom is 0.335 e. The van der Waals surface area contributed by atoms with Crippen LogP contribution < -0.4 is 10.2 Å². The van der Waals surface area contributed by atoms with E-state index in [2.05, 4.69) is 31.1 Å². The zero-order valence-electron chi connectivity index (χ0n) is 13.0. The van der Waals surface area contributed by atoms with Crippen LogP contribution in [0.15, 0.2) is 41.0 Å². The zero-order valence-corrected chi connectivity index (χ0v) is 14.6. The molecule has 1 aromatic carbocycles. The fraction of sp³-hybridized carbons (Fsp3) is 0.294. The van der Waals surface area contributed by atoms with Gasteiger partial charge < -0.3 is 20.1 Å². The molecule has 0 spiro atoms. The largest absolute Gasteiger partial charge is 0.478 e. The Balaban J connectivity index is 1.67. The van der Waals surface area contributed by atoms with E-state index in [9.17, 15) is 4.79 Å². The molecule has 1 saturated heterocycles. The maximum absolute atomic E-state index is 10.9. The first-order valence-corrected chi connectivity index (χ1v) is 8.47. The minimum absolute atomic E-state index is 0.287. The molecule has 6 nitrogen and oxygen atoms in total. The molecule has 2 aromatic rings. The lowest BCUT2D eigenvalue weighted by atomic mass is 10.1. The SMILES string of the molecule is O=C(O)c1ccc(CNc2cc(N3CCOCC3)c(Br)cn2)cc1. The molecule has 0 aliphatic carbocycles. The van der Waals surface area contributed by atoms with Gasteiger partial charge in [-0.1, -0.05) is 12.1 Å². The fourth-order valence-corrected chi connectivity index (χ4v) is 3.00. The van der Waals surface area contributed by atoms with Crippen molar-refractivity contribution in [2.75, 3.05) is 36.5 Å². The van der Waals surface area contributed by atoms with Crippen LogP contribution in [0.2, 0.25) is 0 Å². The van der Waals surface area contributed by atoms with Gasteiger partial charge in [0.1, 0.15) is 5.82 Å². The lowest BCUT2D eigenvalue weighted by molar-refractivity contribution is 0.0697. The third-order valence-corrected chi connectivity index (χ3v) is 4.47. The summed E-state index contributed by atoms with van der Waals surface area (Å²) < 4.78 is 6.35. The molecule has 2 N–H and O–H groups in total. The van der Waals surface area contributed by atoms with Crippen molar-refractivity contribution in [3.8, 4) is 0 Å². The van der Waals surface area contributed by atoms with Crippen LogP contribution in [-0.2, 0) is 11.3 Å². The van der Waals surface area contributed by atoms with Crippen LogP contribution in [0.1, 0.15) is 15.9 Å².